The second-order valence-electron chi connectivity index (χ2n) is 2.34. The summed E-state index contributed by atoms with van der Waals surface area (Å²) in [6.07, 6.45) is 1.64. The molecule has 0 spiro atoms. The van der Waals surface area contributed by atoms with Gasteiger partial charge in [-0.3, -0.25) is 4.98 Å². The van der Waals surface area contributed by atoms with Gasteiger partial charge in [-0.25, -0.2) is 4.99 Å². The second kappa shape index (κ2) is 3.87. The van der Waals surface area contributed by atoms with Crippen LogP contribution in [-0.4, -0.2) is 10.2 Å². The third-order valence-corrected chi connectivity index (χ3v) is 1.71. The van der Waals surface area contributed by atoms with E-state index >= 15 is 0 Å². The maximum absolute atomic E-state index is 5.87. The fourth-order valence-electron chi connectivity index (χ4n) is 0.816. The molecule has 4 heteroatoms. The van der Waals surface area contributed by atoms with Gasteiger partial charge in [0.25, 0.3) is 0 Å². The molecule has 0 saturated carbocycles. The van der Waals surface area contributed by atoms with Gasteiger partial charge in [-0.1, -0.05) is 23.2 Å². The summed E-state index contributed by atoms with van der Waals surface area (Å²) in [7, 11) is 0. The molecular formula is C8H8Cl2N2. The van der Waals surface area contributed by atoms with E-state index in [1.807, 2.05) is 6.92 Å². The average Bonchev–Trinajstić information content (AvgIpc) is 1.97. The summed E-state index contributed by atoms with van der Waals surface area (Å²) in [5.41, 5.74) is 1.43. The molecule has 0 N–H and O–H groups in total. The number of aryl methyl sites for hydroxylation is 1. The Labute approximate surface area is 81.2 Å². The first-order chi connectivity index (χ1) is 5.61. The molecule has 1 aromatic heterocycles. The Kier molecular flexibility index (Phi) is 3.06. The lowest BCUT2D eigenvalue weighted by Crippen LogP contribution is -1.83. The first-order valence-electron chi connectivity index (χ1n) is 3.43. The normalized spacial score (nSPS) is 11.8. The predicted molar refractivity (Wildman–Crippen MR) is 52.6 cm³/mol. The van der Waals surface area contributed by atoms with Crippen molar-refractivity contribution in [2.75, 3.05) is 0 Å². The van der Waals surface area contributed by atoms with Crippen LogP contribution in [0.4, 0.5) is 5.69 Å². The molecule has 0 bridgehead atoms. The monoisotopic (exact) mass is 202 g/mol. The van der Waals surface area contributed by atoms with E-state index in [1.165, 1.54) is 0 Å². The molecule has 12 heavy (non-hydrogen) atoms. The van der Waals surface area contributed by atoms with Crippen molar-refractivity contribution in [2.24, 2.45) is 4.99 Å². The number of aromatic nitrogens is 1. The molecule has 1 heterocycles. The van der Waals surface area contributed by atoms with Crippen LogP contribution >= 0.6 is 23.2 Å². The van der Waals surface area contributed by atoms with E-state index < -0.39 is 0 Å². The first kappa shape index (κ1) is 9.49. The Morgan fingerprint density at radius 2 is 2.25 bits per heavy atom. The van der Waals surface area contributed by atoms with Gasteiger partial charge in [0.15, 0.2) is 0 Å². The van der Waals surface area contributed by atoms with E-state index in [4.69, 9.17) is 23.2 Å². The summed E-state index contributed by atoms with van der Waals surface area (Å²) in [5, 5.41) is 1.02. The zero-order valence-corrected chi connectivity index (χ0v) is 8.32. The first-order valence-corrected chi connectivity index (χ1v) is 4.18. The molecule has 0 radical (unpaired) electrons. The van der Waals surface area contributed by atoms with Crippen LogP contribution in [0.1, 0.15) is 12.6 Å². The molecule has 0 fully saturated rings. The number of aliphatic imine (C=N–C) groups is 1. The summed E-state index contributed by atoms with van der Waals surface area (Å²) >= 11 is 11.5. The van der Waals surface area contributed by atoms with Crippen molar-refractivity contribution in [1.29, 1.82) is 0 Å². The van der Waals surface area contributed by atoms with Crippen LogP contribution in [0.3, 0.4) is 0 Å². The number of rotatable bonds is 1. The van der Waals surface area contributed by atoms with Crippen LogP contribution in [0.5, 0.6) is 0 Å². The SMILES string of the molecule is C/C(Cl)=N\c1c(Cl)ccnc1C. The van der Waals surface area contributed by atoms with E-state index in [0.29, 0.717) is 15.9 Å². The van der Waals surface area contributed by atoms with Gasteiger partial charge in [-0.2, -0.15) is 0 Å². The second-order valence-corrected chi connectivity index (χ2v) is 3.29. The maximum atomic E-state index is 5.87. The Morgan fingerprint density at radius 3 is 2.75 bits per heavy atom. The Balaban J connectivity index is 3.22. The van der Waals surface area contributed by atoms with Gasteiger partial charge in [-0.05, 0) is 19.9 Å². The fourth-order valence-corrected chi connectivity index (χ4v) is 1.14. The van der Waals surface area contributed by atoms with Crippen molar-refractivity contribution >= 4 is 34.1 Å². The van der Waals surface area contributed by atoms with Crippen molar-refractivity contribution in [3.8, 4) is 0 Å². The van der Waals surface area contributed by atoms with Crippen LogP contribution in [0.25, 0.3) is 0 Å². The van der Waals surface area contributed by atoms with Crippen molar-refractivity contribution in [2.45, 2.75) is 13.8 Å². The van der Waals surface area contributed by atoms with Gasteiger partial charge >= 0.3 is 0 Å². The molecule has 0 aliphatic rings. The molecule has 0 atom stereocenters. The van der Waals surface area contributed by atoms with Crippen LogP contribution in [0.2, 0.25) is 5.02 Å². The molecule has 1 aromatic rings. The standard InChI is InChI=1S/C8H8Cl2N2/c1-5-8(12-6(2)9)7(10)3-4-11-5/h3-4H,1-2H3/b12-6+. The number of hydrogen-bond acceptors (Lipinski definition) is 2. The Hall–Kier alpha value is -0.600. The molecule has 0 aliphatic heterocycles. The lowest BCUT2D eigenvalue weighted by molar-refractivity contribution is 1.19. The van der Waals surface area contributed by atoms with Crippen LogP contribution in [-0.2, 0) is 0 Å². The molecule has 64 valence electrons. The van der Waals surface area contributed by atoms with E-state index in [-0.39, 0.29) is 0 Å². The maximum Gasteiger partial charge on any atom is 0.104 e. The Morgan fingerprint density at radius 1 is 1.58 bits per heavy atom. The lowest BCUT2D eigenvalue weighted by Gasteiger charge is -2.00. The minimum atomic E-state index is 0.452. The minimum Gasteiger partial charge on any atom is -0.259 e. The molecule has 0 aliphatic carbocycles. The smallest absolute Gasteiger partial charge is 0.104 e. The van der Waals surface area contributed by atoms with Crippen molar-refractivity contribution in [3.05, 3.63) is 23.0 Å². The van der Waals surface area contributed by atoms with E-state index in [2.05, 4.69) is 9.98 Å². The number of hydrogen-bond donors (Lipinski definition) is 0. The predicted octanol–water partition coefficient (Wildman–Crippen LogP) is 3.33. The molecular weight excluding hydrogens is 195 g/mol. The van der Waals surface area contributed by atoms with Gasteiger partial charge < -0.3 is 0 Å². The van der Waals surface area contributed by atoms with Crippen LogP contribution in [0.15, 0.2) is 17.3 Å². The number of nitrogens with zero attached hydrogens (tertiary/aromatic N) is 2. The largest absolute Gasteiger partial charge is 0.259 e. The highest BCUT2D eigenvalue weighted by Crippen LogP contribution is 2.26. The average molecular weight is 203 g/mol. The highest BCUT2D eigenvalue weighted by Gasteiger charge is 2.02. The van der Waals surface area contributed by atoms with Crippen molar-refractivity contribution in [3.63, 3.8) is 0 Å². The van der Waals surface area contributed by atoms with Crippen LogP contribution < -0.4 is 0 Å². The highest BCUT2D eigenvalue weighted by molar-refractivity contribution is 6.65. The summed E-state index contributed by atoms with van der Waals surface area (Å²) in [5.74, 6) is 0. The number of pyridine rings is 1. The van der Waals surface area contributed by atoms with E-state index in [0.717, 1.165) is 5.69 Å². The summed E-state index contributed by atoms with van der Waals surface area (Å²) in [6.45, 7) is 3.54. The number of halogens is 2. The zero-order valence-electron chi connectivity index (χ0n) is 6.81. The van der Waals surface area contributed by atoms with Gasteiger partial charge in [0.1, 0.15) is 10.9 Å². The topological polar surface area (TPSA) is 25.2 Å². The van der Waals surface area contributed by atoms with Crippen molar-refractivity contribution in [1.82, 2.24) is 4.98 Å². The lowest BCUT2D eigenvalue weighted by atomic mass is 10.3. The molecule has 0 amide bonds. The van der Waals surface area contributed by atoms with Crippen LogP contribution in [0, 0.1) is 6.92 Å². The third kappa shape index (κ3) is 2.19. The van der Waals surface area contributed by atoms with Gasteiger partial charge in [0.2, 0.25) is 0 Å². The van der Waals surface area contributed by atoms with Gasteiger partial charge in [-0.15, -0.1) is 0 Å². The van der Waals surface area contributed by atoms with Crippen molar-refractivity contribution < 1.29 is 0 Å². The van der Waals surface area contributed by atoms with Gasteiger partial charge in [0.05, 0.1) is 10.7 Å². The summed E-state index contributed by atoms with van der Waals surface area (Å²) < 4.78 is 0. The molecule has 2 nitrogen and oxygen atoms in total. The summed E-state index contributed by atoms with van der Waals surface area (Å²) in [6, 6.07) is 1.69. The molecule has 0 unspecified atom stereocenters. The molecule has 0 saturated heterocycles. The van der Waals surface area contributed by atoms with Gasteiger partial charge in [0, 0.05) is 6.20 Å². The third-order valence-electron chi connectivity index (χ3n) is 1.32. The highest BCUT2D eigenvalue weighted by atomic mass is 35.5. The summed E-state index contributed by atoms with van der Waals surface area (Å²) in [4.78, 5) is 8.09. The Bertz CT molecular complexity index is 297. The minimum absolute atomic E-state index is 0.452. The quantitative estimate of drug-likeness (QED) is 0.642. The van der Waals surface area contributed by atoms with E-state index in [9.17, 15) is 0 Å². The molecule has 1 rings (SSSR count). The van der Waals surface area contributed by atoms with E-state index in [1.54, 1.807) is 19.2 Å². The molecule has 0 aromatic carbocycles. The fraction of sp³-hybridized carbons (Fsp3) is 0.250. The zero-order chi connectivity index (χ0) is 9.14.